The molecule has 1 aliphatic heterocycles. The molecule has 1 heterocycles. The van der Waals surface area contributed by atoms with Gasteiger partial charge in [-0.2, -0.15) is 0 Å². The van der Waals surface area contributed by atoms with Gasteiger partial charge in [-0.3, -0.25) is 14.5 Å². The number of carbonyl (C=O) groups excluding carboxylic acids is 2. The number of rotatable bonds is 5. The highest BCUT2D eigenvalue weighted by molar-refractivity contribution is 6.65. The molecule has 6 nitrogen and oxygen atoms in total. The number of ether oxygens (including phenoxy) is 1. The Morgan fingerprint density at radius 3 is 2.48 bits per heavy atom. The number of carbonyl (C=O) groups is 2. The molecule has 0 bridgehead atoms. The fraction of sp³-hybridized carbons (Fsp3) is 0.375. The molecule has 0 aliphatic carbocycles. The van der Waals surface area contributed by atoms with Crippen LogP contribution in [-0.4, -0.2) is 50.2 Å². The van der Waals surface area contributed by atoms with E-state index < -0.39 is 36.8 Å². The first-order chi connectivity index (χ1) is 11.8. The Kier molecular flexibility index (Phi) is 6.14. The maximum atomic E-state index is 14.2. The lowest BCUT2D eigenvalue weighted by atomic mass is 9.77. The van der Waals surface area contributed by atoms with Gasteiger partial charge in [0.2, 0.25) is 0 Å². The molecule has 1 atom stereocenters. The first-order valence-corrected chi connectivity index (χ1v) is 7.64. The zero-order chi connectivity index (χ0) is 18.6. The van der Waals surface area contributed by atoms with Gasteiger partial charge in [0.1, 0.15) is 5.82 Å². The van der Waals surface area contributed by atoms with Crippen LogP contribution in [0.3, 0.4) is 0 Å². The number of hydrogen-bond donors (Lipinski definition) is 0. The molecule has 0 aromatic heterocycles. The Morgan fingerprint density at radius 1 is 1.32 bits per heavy atom. The van der Waals surface area contributed by atoms with E-state index in [1.165, 1.54) is 11.9 Å². The Balaban J connectivity index is 2.39. The van der Waals surface area contributed by atoms with Gasteiger partial charge in [-0.05, 0) is 20.0 Å². The lowest BCUT2D eigenvalue weighted by Gasteiger charge is -2.24. The number of benzene rings is 1. The smallest absolute Gasteiger partial charge is 0.494 e. The van der Waals surface area contributed by atoms with Crippen molar-refractivity contribution in [1.29, 1.82) is 0 Å². The largest absolute Gasteiger partial charge is 0.640 e. The van der Waals surface area contributed by atoms with Gasteiger partial charge >= 0.3 is 19.1 Å². The lowest BCUT2D eigenvalue weighted by molar-refractivity contribution is -0.145. The fourth-order valence-corrected chi connectivity index (χ4v) is 2.32. The molecule has 0 saturated carbocycles. The highest BCUT2D eigenvalue weighted by Gasteiger charge is 2.38. The summed E-state index contributed by atoms with van der Waals surface area (Å²) in [6.45, 7) is 4.91. The van der Waals surface area contributed by atoms with Gasteiger partial charge in [-0.1, -0.05) is 6.08 Å². The molecule has 1 unspecified atom stereocenters. The number of halogens is 2. The third-order valence-electron chi connectivity index (χ3n) is 3.38. The van der Waals surface area contributed by atoms with Crippen LogP contribution in [0.25, 0.3) is 0 Å². The lowest BCUT2D eigenvalue weighted by Crippen LogP contribution is -2.48. The Bertz CT molecular complexity index is 665. The molecule has 9 heteroatoms. The van der Waals surface area contributed by atoms with Crippen LogP contribution in [0.4, 0.5) is 8.78 Å². The summed E-state index contributed by atoms with van der Waals surface area (Å²) < 4.78 is 43.5. The minimum atomic E-state index is -1.59. The maximum absolute atomic E-state index is 14.2. The quantitative estimate of drug-likeness (QED) is 0.582. The highest BCUT2D eigenvalue weighted by atomic mass is 19.1. The third kappa shape index (κ3) is 5.03. The number of likely N-dealkylation sites (N-methyl/N-ethyl adjacent to an activating group) is 1. The summed E-state index contributed by atoms with van der Waals surface area (Å²) in [7, 11) is -0.0548. The second kappa shape index (κ2) is 8.11. The Labute approximate surface area is 144 Å². The van der Waals surface area contributed by atoms with Crippen molar-refractivity contribution in [1.82, 2.24) is 4.90 Å². The summed E-state index contributed by atoms with van der Waals surface area (Å²) in [6, 6.07) is 1.55. The molecule has 0 amide bonds. The minimum Gasteiger partial charge on any atom is -0.494 e. The summed E-state index contributed by atoms with van der Waals surface area (Å²) >= 11 is 0. The minimum absolute atomic E-state index is 0.160. The first kappa shape index (κ1) is 18.9. The van der Waals surface area contributed by atoms with Crippen LogP contribution < -0.4 is 10.2 Å². The van der Waals surface area contributed by atoms with Gasteiger partial charge < -0.3 is 14.0 Å². The van der Waals surface area contributed by atoms with Crippen LogP contribution >= 0.6 is 0 Å². The fourth-order valence-electron chi connectivity index (χ4n) is 2.32. The Morgan fingerprint density at radius 2 is 1.92 bits per heavy atom. The molecule has 1 saturated heterocycles. The molecule has 0 radical (unpaired) electrons. The van der Waals surface area contributed by atoms with Crippen molar-refractivity contribution < 1.29 is 32.4 Å². The van der Waals surface area contributed by atoms with Gasteiger partial charge in [0.25, 0.3) is 0 Å². The van der Waals surface area contributed by atoms with Gasteiger partial charge in [0.05, 0.1) is 24.7 Å². The topological polar surface area (TPSA) is 65.1 Å². The monoisotopic (exact) mass is 353 g/mol. The van der Waals surface area contributed by atoms with Crippen LogP contribution in [0.5, 0.6) is 5.75 Å². The third-order valence-corrected chi connectivity index (χ3v) is 3.38. The second-order valence-electron chi connectivity index (χ2n) is 5.74. The van der Waals surface area contributed by atoms with E-state index in [0.29, 0.717) is 12.5 Å². The average molecular weight is 353 g/mol. The normalized spacial score (nSPS) is 17.2. The SMILES string of the molecule is C=CCC(C)Oc1c(F)cc(F)cc1B1OC(=O)CN(C)CC(=O)O1. The predicted octanol–water partition coefficient (Wildman–Crippen LogP) is 1.04. The van der Waals surface area contributed by atoms with Crippen molar-refractivity contribution in [3.8, 4) is 5.75 Å². The number of hydrogen-bond acceptors (Lipinski definition) is 6. The molecule has 1 fully saturated rings. The first-order valence-electron chi connectivity index (χ1n) is 7.64. The average Bonchev–Trinajstić information content (AvgIpc) is 2.47. The summed E-state index contributed by atoms with van der Waals surface area (Å²) in [4.78, 5) is 25.1. The summed E-state index contributed by atoms with van der Waals surface area (Å²) in [5.74, 6) is -3.64. The molecular weight excluding hydrogens is 335 g/mol. The van der Waals surface area contributed by atoms with Crippen molar-refractivity contribution in [2.75, 3.05) is 20.1 Å². The summed E-state index contributed by atoms with van der Waals surface area (Å²) in [6.07, 6.45) is 1.52. The van der Waals surface area contributed by atoms with E-state index in [4.69, 9.17) is 14.0 Å². The van der Waals surface area contributed by atoms with Crippen molar-refractivity contribution in [2.24, 2.45) is 0 Å². The van der Waals surface area contributed by atoms with Gasteiger partial charge in [0, 0.05) is 12.5 Å². The molecule has 1 aromatic rings. The molecule has 25 heavy (non-hydrogen) atoms. The molecule has 0 N–H and O–H groups in total. The molecule has 134 valence electrons. The molecule has 1 aromatic carbocycles. The van der Waals surface area contributed by atoms with Crippen LogP contribution in [0.1, 0.15) is 13.3 Å². The van der Waals surface area contributed by atoms with Gasteiger partial charge in [0.15, 0.2) is 11.6 Å². The van der Waals surface area contributed by atoms with Gasteiger partial charge in [-0.15, -0.1) is 6.58 Å². The van der Waals surface area contributed by atoms with Crippen LogP contribution in [0, 0.1) is 11.6 Å². The van der Waals surface area contributed by atoms with Crippen LogP contribution in [0.2, 0.25) is 0 Å². The van der Waals surface area contributed by atoms with E-state index >= 15 is 0 Å². The Hall–Kier alpha value is -2.42. The van der Waals surface area contributed by atoms with E-state index in [1.807, 2.05) is 0 Å². The van der Waals surface area contributed by atoms with E-state index in [-0.39, 0.29) is 24.3 Å². The molecular formula is C16H18BF2NO5. The van der Waals surface area contributed by atoms with Crippen molar-refractivity contribution >= 4 is 24.5 Å². The second-order valence-corrected chi connectivity index (χ2v) is 5.74. The van der Waals surface area contributed by atoms with Crippen LogP contribution in [-0.2, 0) is 18.9 Å². The van der Waals surface area contributed by atoms with E-state index in [9.17, 15) is 18.4 Å². The van der Waals surface area contributed by atoms with E-state index in [1.54, 1.807) is 13.0 Å². The zero-order valence-electron chi connectivity index (χ0n) is 14.0. The molecule has 1 aliphatic rings. The van der Waals surface area contributed by atoms with E-state index in [2.05, 4.69) is 6.58 Å². The standard InChI is InChI=1S/C16H18BF2NO5/c1-4-5-10(2)23-16-12(6-11(18)7-13(16)19)17-24-14(21)8-20(3)9-15(22)25-17/h4,6-7,10H,1,5,8-9H2,2-3H3. The summed E-state index contributed by atoms with van der Waals surface area (Å²) in [5.41, 5.74) is -0.209. The van der Waals surface area contributed by atoms with Crippen molar-refractivity contribution in [3.05, 3.63) is 36.4 Å². The maximum Gasteiger partial charge on any atom is 0.640 e. The summed E-state index contributed by atoms with van der Waals surface area (Å²) in [5, 5.41) is 0. The van der Waals surface area contributed by atoms with Gasteiger partial charge in [-0.25, -0.2) is 8.78 Å². The molecule has 0 spiro atoms. The van der Waals surface area contributed by atoms with Crippen LogP contribution in [0.15, 0.2) is 24.8 Å². The number of nitrogens with zero attached hydrogens (tertiary/aromatic N) is 1. The predicted molar refractivity (Wildman–Crippen MR) is 86.3 cm³/mol. The highest BCUT2D eigenvalue weighted by Crippen LogP contribution is 2.20. The molecule has 2 rings (SSSR count). The van der Waals surface area contributed by atoms with Crippen molar-refractivity contribution in [3.63, 3.8) is 0 Å². The van der Waals surface area contributed by atoms with Crippen molar-refractivity contribution in [2.45, 2.75) is 19.4 Å². The van der Waals surface area contributed by atoms with E-state index in [0.717, 1.165) is 6.07 Å². The zero-order valence-corrected chi connectivity index (χ0v) is 14.0.